The molecule has 2 aromatic heterocycles. The molecule has 72 heavy (non-hydrogen) atoms. The van der Waals surface area contributed by atoms with Crippen molar-refractivity contribution < 1.29 is 13.2 Å². The van der Waals surface area contributed by atoms with Crippen LogP contribution in [0.15, 0.2) is 176 Å². The van der Waals surface area contributed by atoms with Crippen molar-refractivity contribution in [3.63, 3.8) is 0 Å². The Hall–Kier alpha value is -10.7. The summed E-state index contributed by atoms with van der Waals surface area (Å²) in [5.74, 6) is 0. The van der Waals surface area contributed by atoms with Crippen molar-refractivity contribution in [3.8, 4) is 74.1 Å². The minimum atomic E-state index is -4.67. The first-order chi connectivity index (χ1) is 35.1. The van der Waals surface area contributed by atoms with Crippen molar-refractivity contribution in [3.05, 3.63) is 232 Å². The molecule has 0 atom stereocenters. The van der Waals surface area contributed by atoms with Gasteiger partial charge in [-0.1, -0.05) is 97.1 Å². The first-order valence-corrected chi connectivity index (χ1v) is 22.2. The standard InChI is InChI=1S/C61H29F3N8/c1-68-43-20-23-45(41(28-43)35-67)38-16-24-56-49(30-38)47-9-4-6-12-54(47)71(56)58-26-18-39(46-22-19-42(61(62,63)64)32-53(46)70-3)31-51(58)60-52(69-2)11-8-14-59(60)72-55-13-7-5-10-48(55)50-29-37(17-25-57(50)72)44-21-15-36(33-65)27-40(44)34-66/h4-32H. The molecule has 0 N–H and O–H groups in total. The molecule has 0 aliphatic rings. The van der Waals surface area contributed by atoms with Crippen LogP contribution in [0, 0.1) is 53.7 Å². The van der Waals surface area contributed by atoms with E-state index in [-0.39, 0.29) is 16.9 Å². The lowest BCUT2D eigenvalue weighted by molar-refractivity contribution is -0.137. The van der Waals surface area contributed by atoms with Crippen LogP contribution in [-0.2, 0) is 6.18 Å². The molecular weight excluding hydrogens is 902 g/mol. The highest BCUT2D eigenvalue weighted by molar-refractivity contribution is 6.13. The summed E-state index contributed by atoms with van der Waals surface area (Å²) in [5, 5.41) is 33.3. The van der Waals surface area contributed by atoms with Gasteiger partial charge in [0, 0.05) is 43.9 Å². The Morgan fingerprint density at radius 2 is 0.972 bits per heavy atom. The molecule has 8 nitrogen and oxygen atoms in total. The van der Waals surface area contributed by atoms with Gasteiger partial charge >= 0.3 is 6.18 Å². The smallest absolute Gasteiger partial charge is 0.310 e. The average molecular weight is 931 g/mol. The number of hydrogen-bond donors (Lipinski definition) is 0. The Morgan fingerprint density at radius 3 is 1.57 bits per heavy atom. The van der Waals surface area contributed by atoms with Crippen LogP contribution in [-0.4, -0.2) is 9.13 Å². The molecule has 0 unspecified atom stereocenters. The largest absolute Gasteiger partial charge is 0.415 e. The van der Waals surface area contributed by atoms with Gasteiger partial charge in [0.15, 0.2) is 17.1 Å². The lowest BCUT2D eigenvalue weighted by atomic mass is 9.93. The third-order valence-electron chi connectivity index (χ3n) is 13.1. The number of nitrogens with zero attached hydrogens (tertiary/aromatic N) is 8. The number of benzene rings is 9. The van der Waals surface area contributed by atoms with Crippen LogP contribution in [0.2, 0.25) is 0 Å². The molecule has 2 heterocycles. The zero-order valence-corrected chi connectivity index (χ0v) is 37.5. The average Bonchev–Trinajstić information content (AvgIpc) is 3.93. The van der Waals surface area contributed by atoms with E-state index in [0.717, 1.165) is 66.9 Å². The minimum absolute atomic E-state index is 0.187. The fraction of sp³-hybridized carbons (Fsp3) is 0.0164. The van der Waals surface area contributed by atoms with Crippen molar-refractivity contribution in [1.29, 1.82) is 15.8 Å². The molecule has 0 radical (unpaired) electrons. The Kier molecular flexibility index (Phi) is 10.4. The third-order valence-corrected chi connectivity index (χ3v) is 13.1. The quantitative estimate of drug-likeness (QED) is 0.155. The van der Waals surface area contributed by atoms with Gasteiger partial charge in [0.25, 0.3) is 0 Å². The van der Waals surface area contributed by atoms with Crippen molar-refractivity contribution in [2.24, 2.45) is 0 Å². The third kappa shape index (κ3) is 7.03. The zero-order valence-electron chi connectivity index (χ0n) is 37.5. The maximum atomic E-state index is 14.1. The number of alkyl halides is 3. The fourth-order valence-corrected chi connectivity index (χ4v) is 9.93. The van der Waals surface area contributed by atoms with Crippen LogP contribution >= 0.6 is 0 Å². The maximum Gasteiger partial charge on any atom is 0.415 e. The lowest BCUT2D eigenvalue weighted by Gasteiger charge is -2.21. The topological polar surface area (TPSA) is 94.3 Å². The van der Waals surface area contributed by atoms with Gasteiger partial charge in [-0.25, -0.2) is 14.5 Å². The van der Waals surface area contributed by atoms with Crippen LogP contribution in [0.5, 0.6) is 0 Å². The molecular formula is C61H29F3N8. The molecule has 0 aliphatic heterocycles. The highest BCUT2D eigenvalue weighted by atomic mass is 19.4. The van der Waals surface area contributed by atoms with Crippen molar-refractivity contribution in [1.82, 2.24) is 9.13 Å². The first-order valence-electron chi connectivity index (χ1n) is 22.2. The van der Waals surface area contributed by atoms with E-state index in [2.05, 4.69) is 41.9 Å². The Morgan fingerprint density at radius 1 is 0.417 bits per heavy atom. The van der Waals surface area contributed by atoms with E-state index < -0.39 is 11.7 Å². The van der Waals surface area contributed by atoms with Gasteiger partial charge in [0.2, 0.25) is 0 Å². The summed E-state index contributed by atoms with van der Waals surface area (Å²) in [6.07, 6.45) is -4.67. The summed E-state index contributed by atoms with van der Waals surface area (Å²) in [6.45, 7) is 24.2. The number of aromatic nitrogens is 2. The number of halogens is 3. The van der Waals surface area contributed by atoms with E-state index in [4.69, 9.17) is 19.7 Å². The van der Waals surface area contributed by atoms with Gasteiger partial charge in [-0.3, -0.25) is 0 Å². The van der Waals surface area contributed by atoms with E-state index in [1.165, 1.54) is 6.07 Å². The summed E-state index contributed by atoms with van der Waals surface area (Å²) in [4.78, 5) is 11.2. The molecule has 0 amide bonds. The molecule has 11 aromatic rings. The van der Waals surface area contributed by atoms with Gasteiger partial charge in [0.05, 0.1) is 76.8 Å². The maximum absolute atomic E-state index is 14.1. The van der Waals surface area contributed by atoms with E-state index >= 15 is 0 Å². The molecule has 0 aliphatic carbocycles. The highest BCUT2D eigenvalue weighted by Crippen LogP contribution is 2.48. The molecule has 11 rings (SSSR count). The molecule has 0 fully saturated rings. The predicted octanol–water partition coefficient (Wildman–Crippen LogP) is 16.8. The summed E-state index contributed by atoms with van der Waals surface area (Å²) < 4.78 is 46.3. The van der Waals surface area contributed by atoms with Crippen molar-refractivity contribution >= 4 is 60.7 Å². The number of rotatable bonds is 6. The Bertz CT molecular complexity index is 4420. The first kappa shape index (κ1) is 43.9. The summed E-state index contributed by atoms with van der Waals surface area (Å²) >= 11 is 0. The number of hydrogen-bond acceptors (Lipinski definition) is 3. The van der Waals surface area contributed by atoms with E-state index in [9.17, 15) is 29.0 Å². The zero-order chi connectivity index (χ0) is 49.8. The van der Waals surface area contributed by atoms with Gasteiger partial charge in [0.1, 0.15) is 0 Å². The second-order valence-corrected chi connectivity index (χ2v) is 17.0. The molecule has 0 spiro atoms. The normalized spacial score (nSPS) is 11.2. The monoisotopic (exact) mass is 930 g/mol. The number of nitriles is 3. The van der Waals surface area contributed by atoms with Gasteiger partial charge in [-0.05, 0) is 118 Å². The van der Waals surface area contributed by atoms with E-state index in [0.29, 0.717) is 61.6 Å². The molecule has 334 valence electrons. The Labute approximate surface area is 409 Å². The second kappa shape index (κ2) is 17.1. The number of para-hydroxylation sites is 2. The summed E-state index contributed by atoms with van der Waals surface area (Å²) in [7, 11) is 0. The van der Waals surface area contributed by atoms with E-state index in [1.54, 1.807) is 48.5 Å². The van der Waals surface area contributed by atoms with Crippen LogP contribution in [0.25, 0.3) is 114 Å². The molecule has 9 aromatic carbocycles. The van der Waals surface area contributed by atoms with Crippen LogP contribution < -0.4 is 0 Å². The predicted molar refractivity (Wildman–Crippen MR) is 275 cm³/mol. The molecule has 0 saturated heterocycles. The van der Waals surface area contributed by atoms with Crippen molar-refractivity contribution in [2.45, 2.75) is 6.18 Å². The van der Waals surface area contributed by atoms with Crippen molar-refractivity contribution in [2.75, 3.05) is 0 Å². The van der Waals surface area contributed by atoms with Gasteiger partial charge in [-0.2, -0.15) is 29.0 Å². The molecule has 0 bridgehead atoms. The summed E-state index contributed by atoms with van der Waals surface area (Å²) in [6, 6.07) is 58.3. The van der Waals surface area contributed by atoms with Gasteiger partial charge in [-0.15, -0.1) is 0 Å². The van der Waals surface area contributed by atoms with Crippen LogP contribution in [0.3, 0.4) is 0 Å². The lowest BCUT2D eigenvalue weighted by Crippen LogP contribution is -2.04. The van der Waals surface area contributed by atoms with Crippen LogP contribution in [0.1, 0.15) is 22.3 Å². The Balaban J connectivity index is 1.22. The van der Waals surface area contributed by atoms with E-state index in [1.807, 2.05) is 109 Å². The minimum Gasteiger partial charge on any atom is -0.310 e. The number of fused-ring (bicyclic) bond motifs is 6. The second-order valence-electron chi connectivity index (χ2n) is 17.0. The summed E-state index contributed by atoms with van der Waals surface area (Å²) in [5.41, 5.74) is 9.73. The fourth-order valence-electron chi connectivity index (χ4n) is 9.93. The SMILES string of the molecule is [C-]#[N+]c1ccc(-c2ccc3c(c2)c2ccccc2n3-c2ccc(-c3ccc(C(F)(F)F)cc3[N+]#[C-])cc2-c2c([N+]#[C-])cccc2-n2c3ccccc3c3cc(-c4ccc(C#N)cc4C#N)ccc32)c(C#N)c1. The molecule has 0 saturated carbocycles. The van der Waals surface area contributed by atoms with Gasteiger partial charge < -0.3 is 9.13 Å². The molecule has 11 heteroatoms. The highest BCUT2D eigenvalue weighted by Gasteiger charge is 2.31. The van der Waals surface area contributed by atoms with Crippen LogP contribution in [0.4, 0.5) is 30.2 Å².